The number of nitrogens with two attached hydrogens (primary N) is 1. The average molecular weight is 202 g/mol. The van der Waals surface area contributed by atoms with Crippen LogP contribution in [0.25, 0.3) is 0 Å². The van der Waals surface area contributed by atoms with Gasteiger partial charge >= 0.3 is 0 Å². The van der Waals surface area contributed by atoms with Crippen LogP contribution in [0, 0.1) is 5.41 Å². The van der Waals surface area contributed by atoms with Crippen LogP contribution in [0.15, 0.2) is 0 Å². The highest BCUT2D eigenvalue weighted by molar-refractivity contribution is 7.80. The van der Waals surface area contributed by atoms with E-state index >= 15 is 0 Å². The predicted molar refractivity (Wildman–Crippen MR) is 57.7 cm³/mol. The van der Waals surface area contributed by atoms with Crippen LogP contribution in [0.2, 0.25) is 0 Å². The van der Waals surface area contributed by atoms with E-state index in [9.17, 15) is 0 Å². The van der Waals surface area contributed by atoms with E-state index in [1.165, 1.54) is 12.8 Å². The molecule has 13 heavy (non-hydrogen) atoms. The first-order valence-electron chi connectivity index (χ1n) is 4.66. The standard InChI is InChI=1S/C9H18N2OS/c1-11(4-5-12)7-9(2-3-9)6-8(10)13/h12H,2-7H2,1H3,(H2,10,13). The van der Waals surface area contributed by atoms with E-state index < -0.39 is 0 Å². The highest BCUT2D eigenvalue weighted by Crippen LogP contribution is 2.49. The van der Waals surface area contributed by atoms with Gasteiger partial charge in [0.05, 0.1) is 11.6 Å². The maximum atomic E-state index is 8.74. The zero-order valence-electron chi connectivity index (χ0n) is 8.12. The van der Waals surface area contributed by atoms with Gasteiger partial charge in [0.15, 0.2) is 0 Å². The monoisotopic (exact) mass is 202 g/mol. The summed E-state index contributed by atoms with van der Waals surface area (Å²) in [7, 11) is 2.02. The molecule has 0 unspecified atom stereocenters. The van der Waals surface area contributed by atoms with Gasteiger partial charge in [-0.1, -0.05) is 12.2 Å². The molecule has 0 spiro atoms. The number of thiocarbonyl (C=S) groups is 1. The van der Waals surface area contributed by atoms with Gasteiger partial charge in [-0.25, -0.2) is 0 Å². The Morgan fingerprint density at radius 2 is 2.23 bits per heavy atom. The van der Waals surface area contributed by atoms with Crippen LogP contribution in [0.4, 0.5) is 0 Å². The van der Waals surface area contributed by atoms with Crippen molar-refractivity contribution in [1.82, 2.24) is 4.90 Å². The molecule has 0 aromatic carbocycles. The van der Waals surface area contributed by atoms with Crippen molar-refractivity contribution in [3.05, 3.63) is 0 Å². The fraction of sp³-hybridized carbons (Fsp3) is 0.889. The van der Waals surface area contributed by atoms with Gasteiger partial charge in [0.2, 0.25) is 0 Å². The second-order valence-corrected chi connectivity index (χ2v) is 4.63. The Hall–Kier alpha value is -0.190. The molecule has 0 heterocycles. The van der Waals surface area contributed by atoms with E-state index in [0.29, 0.717) is 10.4 Å². The minimum atomic E-state index is 0.222. The van der Waals surface area contributed by atoms with Gasteiger partial charge in [0, 0.05) is 19.5 Å². The Morgan fingerprint density at radius 3 is 2.62 bits per heavy atom. The molecular weight excluding hydrogens is 184 g/mol. The SMILES string of the molecule is CN(CCO)CC1(CC(N)=S)CC1. The molecule has 0 atom stereocenters. The molecule has 1 saturated carbocycles. The molecule has 0 aromatic heterocycles. The van der Waals surface area contributed by atoms with Crippen LogP contribution in [0.3, 0.4) is 0 Å². The van der Waals surface area contributed by atoms with E-state index in [-0.39, 0.29) is 6.61 Å². The van der Waals surface area contributed by atoms with Crippen LogP contribution >= 0.6 is 12.2 Å². The summed E-state index contributed by atoms with van der Waals surface area (Å²) >= 11 is 4.91. The van der Waals surface area contributed by atoms with E-state index in [0.717, 1.165) is 19.5 Å². The van der Waals surface area contributed by atoms with Crippen LogP contribution in [-0.4, -0.2) is 41.7 Å². The number of rotatable bonds is 6. The Labute approximate surface area is 84.9 Å². The van der Waals surface area contributed by atoms with Crippen LogP contribution in [0.1, 0.15) is 19.3 Å². The molecule has 4 heteroatoms. The maximum absolute atomic E-state index is 8.74. The lowest BCUT2D eigenvalue weighted by atomic mass is 10.0. The van der Waals surface area contributed by atoms with Crippen molar-refractivity contribution >= 4 is 17.2 Å². The number of aliphatic hydroxyl groups is 1. The maximum Gasteiger partial charge on any atom is 0.0733 e. The van der Waals surface area contributed by atoms with Crippen molar-refractivity contribution in [3.63, 3.8) is 0 Å². The van der Waals surface area contributed by atoms with Crippen molar-refractivity contribution < 1.29 is 5.11 Å². The summed E-state index contributed by atoms with van der Waals surface area (Å²) in [5, 5.41) is 8.74. The second-order valence-electron chi connectivity index (χ2n) is 4.10. The summed E-state index contributed by atoms with van der Waals surface area (Å²) in [6.07, 6.45) is 3.30. The quantitative estimate of drug-likeness (QED) is 0.611. The van der Waals surface area contributed by atoms with Crippen LogP contribution in [-0.2, 0) is 0 Å². The second kappa shape index (κ2) is 4.35. The van der Waals surface area contributed by atoms with Gasteiger partial charge in [-0.3, -0.25) is 0 Å². The average Bonchev–Trinajstić information content (AvgIpc) is 2.67. The Bertz CT molecular complexity index is 192. The fourth-order valence-electron chi connectivity index (χ4n) is 1.76. The van der Waals surface area contributed by atoms with Gasteiger partial charge in [0.25, 0.3) is 0 Å². The third-order valence-corrected chi connectivity index (χ3v) is 2.74. The number of likely N-dealkylation sites (N-methyl/N-ethyl adjacent to an activating group) is 1. The van der Waals surface area contributed by atoms with Crippen molar-refractivity contribution in [1.29, 1.82) is 0 Å². The Balaban J connectivity index is 2.30. The summed E-state index contributed by atoms with van der Waals surface area (Å²) < 4.78 is 0. The Morgan fingerprint density at radius 1 is 1.62 bits per heavy atom. The number of aliphatic hydroxyl groups excluding tert-OH is 1. The highest BCUT2D eigenvalue weighted by Gasteiger charge is 2.43. The molecule has 3 nitrogen and oxygen atoms in total. The van der Waals surface area contributed by atoms with Crippen molar-refractivity contribution in [2.75, 3.05) is 26.7 Å². The van der Waals surface area contributed by atoms with Gasteiger partial charge in [0.1, 0.15) is 0 Å². The highest BCUT2D eigenvalue weighted by atomic mass is 32.1. The Kier molecular flexibility index (Phi) is 3.64. The lowest BCUT2D eigenvalue weighted by Crippen LogP contribution is -2.31. The zero-order valence-corrected chi connectivity index (χ0v) is 8.94. The lowest BCUT2D eigenvalue weighted by molar-refractivity contribution is 0.197. The molecule has 0 bridgehead atoms. The number of hydrogen-bond donors (Lipinski definition) is 2. The zero-order chi connectivity index (χ0) is 9.90. The van der Waals surface area contributed by atoms with E-state index in [4.69, 9.17) is 23.1 Å². The summed E-state index contributed by atoms with van der Waals surface area (Å²) in [5.41, 5.74) is 5.87. The van der Waals surface area contributed by atoms with E-state index in [2.05, 4.69) is 4.90 Å². The molecule has 1 aliphatic rings. The topological polar surface area (TPSA) is 49.5 Å². The lowest BCUT2D eigenvalue weighted by Gasteiger charge is -2.22. The molecule has 3 N–H and O–H groups in total. The number of nitrogens with zero attached hydrogens (tertiary/aromatic N) is 1. The molecule has 0 radical (unpaired) electrons. The van der Waals surface area contributed by atoms with Crippen molar-refractivity contribution in [2.24, 2.45) is 11.1 Å². The molecule has 0 aromatic rings. The first-order valence-corrected chi connectivity index (χ1v) is 5.06. The van der Waals surface area contributed by atoms with Gasteiger partial charge < -0.3 is 15.7 Å². The van der Waals surface area contributed by atoms with Gasteiger partial charge in [-0.05, 0) is 25.3 Å². The largest absolute Gasteiger partial charge is 0.395 e. The normalized spacial score (nSPS) is 19.0. The van der Waals surface area contributed by atoms with Gasteiger partial charge in [-0.15, -0.1) is 0 Å². The van der Waals surface area contributed by atoms with Gasteiger partial charge in [-0.2, -0.15) is 0 Å². The molecule has 76 valence electrons. The summed E-state index contributed by atoms with van der Waals surface area (Å²) in [4.78, 5) is 2.76. The number of hydrogen-bond acceptors (Lipinski definition) is 3. The molecule has 0 amide bonds. The summed E-state index contributed by atoms with van der Waals surface area (Å²) in [5.74, 6) is 0. The molecule has 0 saturated heterocycles. The minimum Gasteiger partial charge on any atom is -0.395 e. The third-order valence-electron chi connectivity index (χ3n) is 2.59. The summed E-state index contributed by atoms with van der Waals surface area (Å²) in [6, 6.07) is 0. The molecule has 1 fully saturated rings. The summed E-state index contributed by atoms with van der Waals surface area (Å²) in [6.45, 7) is 1.96. The predicted octanol–water partition coefficient (Wildman–Crippen LogP) is 0.367. The third kappa shape index (κ3) is 3.58. The smallest absolute Gasteiger partial charge is 0.0733 e. The van der Waals surface area contributed by atoms with E-state index in [1.54, 1.807) is 0 Å². The first kappa shape index (κ1) is 10.9. The van der Waals surface area contributed by atoms with Crippen molar-refractivity contribution in [3.8, 4) is 0 Å². The fourth-order valence-corrected chi connectivity index (χ4v) is 2.07. The van der Waals surface area contributed by atoms with Crippen LogP contribution < -0.4 is 5.73 Å². The molecule has 1 rings (SSSR count). The minimum absolute atomic E-state index is 0.222. The van der Waals surface area contributed by atoms with Crippen molar-refractivity contribution in [2.45, 2.75) is 19.3 Å². The van der Waals surface area contributed by atoms with Crippen LogP contribution in [0.5, 0.6) is 0 Å². The molecule has 1 aliphatic carbocycles. The molecular formula is C9H18N2OS. The molecule has 0 aliphatic heterocycles. The van der Waals surface area contributed by atoms with E-state index in [1.807, 2.05) is 7.05 Å². The first-order chi connectivity index (χ1) is 6.08.